The number of aromatic hydroxyl groups is 2. The summed E-state index contributed by atoms with van der Waals surface area (Å²) < 4.78 is 0. The second kappa shape index (κ2) is 50.1. The number of unbranched alkanes of at least 4 members (excludes halogenated alkanes) is 1. The van der Waals surface area contributed by atoms with Crippen LogP contribution in [0.4, 0.5) is 0 Å². The monoisotopic (exact) mass is 1850 g/mol. The third-order valence-corrected chi connectivity index (χ3v) is 24.7. The number of rotatable bonds is 24. The number of nitrogens with two attached hydrogens (primary N) is 1. The Kier molecular flexibility index (Phi) is 38.8. The van der Waals surface area contributed by atoms with Gasteiger partial charge in [0.15, 0.2) is 0 Å². The van der Waals surface area contributed by atoms with Crippen molar-refractivity contribution in [3.05, 3.63) is 203 Å². The average Bonchev–Trinajstić information content (AvgIpc) is 1.38. The van der Waals surface area contributed by atoms with Crippen molar-refractivity contribution in [1.82, 2.24) is 77.3 Å². The van der Waals surface area contributed by atoms with Gasteiger partial charge >= 0.3 is 5.97 Å². The summed E-state index contributed by atoms with van der Waals surface area (Å²) in [6.45, 7) is 7.05. The van der Waals surface area contributed by atoms with Gasteiger partial charge in [0, 0.05) is 89.7 Å². The number of aromatic amines is 1. The van der Waals surface area contributed by atoms with E-state index in [2.05, 4.69) is 52.8 Å². The summed E-state index contributed by atoms with van der Waals surface area (Å²) in [6, 6.07) is 26.7. The van der Waals surface area contributed by atoms with Crippen LogP contribution in [-0.4, -0.2) is 271 Å². The summed E-state index contributed by atoms with van der Waals surface area (Å²) >= 11 is 0.841. The number of phenolic OH excluding ortho intramolecular Hbond substituents is 2. The molecule has 0 bridgehead atoms. The molecule has 7 aromatic rings. The fraction of sp³-hybridized carbons (Fsp3) is 0.443. The number of primary amides is 1. The van der Waals surface area contributed by atoms with Gasteiger partial charge < -0.3 is 98.4 Å². The van der Waals surface area contributed by atoms with Gasteiger partial charge in [-0.15, -0.1) is 11.8 Å². The first-order chi connectivity index (χ1) is 63.5. The number of likely N-dealkylation sites (N-methyl/N-ethyl adjacent to an activating group) is 4. The number of amides is 15. The standard InChI is InChI=1S/C97H124N16O19S/c1-10-11-33-78-96(131)113-45-24-23-34-77(113)91(126)105-73(52-84(119)120)90(125)108-85(59(4)5)97(132)112(9)80(50-62-29-19-14-20-30-62)92(127)106-74(49-64-37-42-67(115)43-38-64)93(128)109(6)55-82(117)101-72(51-65-53-99-69-32-22-21-31-68(65)69)89(124)104-71(47-63-35-40-66(114)41-36-63)88(123)103-70(46-58(2)3)87(122)107-76(86(121)100-54-81(98)116)56-133-57-83(118)102-75(48-61-27-17-13-18-28-61)94(129)110(7)79(95(130)111(78)8)44-39-60-25-15-12-16-26-60/h12-22,25-32,35-38,40-43,53,58-59,70-80,85,99,114-115H,10-11,23-24,33-34,39,44-52,54-57H2,1-9H3,(H2,98,116)(H,100,121)(H,101,117)(H,102,118)(H,103,123)(H,104,124)(H,105,126)(H,106,127)(H,107,122)(H,108,125)(H,119,120)/t70-,71-,72-,73-,74-,75-,76-,77+,78-,79-,80-,85-/m0/s1. The minimum atomic E-state index is -1.90. The molecule has 2 saturated heterocycles. The number of nitrogens with zero attached hydrogens (tertiary/aromatic N) is 5. The molecule has 0 saturated carbocycles. The van der Waals surface area contributed by atoms with Crippen LogP contribution in [0.2, 0.25) is 0 Å². The molecule has 0 radical (unpaired) electrons. The molecule has 712 valence electrons. The summed E-state index contributed by atoms with van der Waals surface area (Å²) in [6.07, 6.45) is 1.37. The van der Waals surface area contributed by atoms with Crippen LogP contribution in [0.1, 0.15) is 126 Å². The van der Waals surface area contributed by atoms with E-state index in [0.717, 1.165) is 27.1 Å². The number of nitrogens with one attached hydrogen (secondary N) is 10. The minimum Gasteiger partial charge on any atom is -0.508 e. The van der Waals surface area contributed by atoms with Gasteiger partial charge in [-0.3, -0.25) is 76.7 Å². The lowest BCUT2D eigenvalue weighted by Gasteiger charge is -2.41. The quantitative estimate of drug-likeness (QED) is 0.0411. The maximum Gasteiger partial charge on any atom is 0.305 e. The van der Waals surface area contributed by atoms with E-state index in [0.29, 0.717) is 64.4 Å². The number of para-hydroxylation sites is 1. The van der Waals surface area contributed by atoms with Crippen molar-refractivity contribution in [2.45, 2.75) is 203 Å². The first kappa shape index (κ1) is 103. The van der Waals surface area contributed by atoms with Crippen LogP contribution in [0.15, 0.2) is 170 Å². The van der Waals surface area contributed by atoms with Gasteiger partial charge in [0.25, 0.3) is 0 Å². The number of carboxylic acid groups (broad SMARTS) is 1. The molecule has 0 aliphatic carbocycles. The molecular weight excluding hydrogens is 1730 g/mol. The summed E-state index contributed by atoms with van der Waals surface area (Å²) in [5, 5.41) is 56.2. The van der Waals surface area contributed by atoms with E-state index >= 15 is 47.9 Å². The van der Waals surface area contributed by atoms with Crippen molar-refractivity contribution < 1.29 is 92.0 Å². The van der Waals surface area contributed by atoms with E-state index in [9.17, 15) is 44.1 Å². The molecule has 1 aromatic heterocycles. The van der Waals surface area contributed by atoms with Gasteiger partial charge in [-0.25, -0.2) is 0 Å². The van der Waals surface area contributed by atoms with E-state index in [-0.39, 0.29) is 93.9 Å². The number of H-pyrrole nitrogens is 1. The van der Waals surface area contributed by atoms with Crippen LogP contribution in [0.25, 0.3) is 10.9 Å². The maximum absolute atomic E-state index is 15.8. The van der Waals surface area contributed by atoms with Crippen molar-refractivity contribution in [2.75, 3.05) is 59.3 Å². The van der Waals surface area contributed by atoms with Crippen LogP contribution < -0.4 is 53.6 Å². The third-order valence-electron chi connectivity index (χ3n) is 23.7. The molecule has 133 heavy (non-hydrogen) atoms. The fourth-order valence-corrected chi connectivity index (χ4v) is 17.1. The van der Waals surface area contributed by atoms with E-state index in [1.54, 1.807) is 119 Å². The Labute approximate surface area is 777 Å². The number of benzene rings is 6. The Morgan fingerprint density at radius 2 is 0.985 bits per heavy atom. The van der Waals surface area contributed by atoms with Gasteiger partial charge in [0.1, 0.15) is 84.0 Å². The highest BCUT2D eigenvalue weighted by molar-refractivity contribution is 8.00. The van der Waals surface area contributed by atoms with Crippen LogP contribution in [0.3, 0.4) is 0 Å². The highest BCUT2D eigenvalue weighted by Gasteiger charge is 2.45. The predicted octanol–water partition coefficient (Wildman–Crippen LogP) is 3.64. The zero-order valence-corrected chi connectivity index (χ0v) is 77.3. The second-order valence-electron chi connectivity index (χ2n) is 34.7. The number of aromatic nitrogens is 1. The number of fused-ring (bicyclic) bond motifs is 2. The number of hydrogen-bond donors (Lipinski definition) is 14. The average molecular weight is 1850 g/mol. The Hall–Kier alpha value is -13.7. The zero-order valence-electron chi connectivity index (χ0n) is 76.5. The van der Waals surface area contributed by atoms with Crippen molar-refractivity contribution in [1.29, 1.82) is 0 Å². The smallest absolute Gasteiger partial charge is 0.305 e. The molecule has 6 aromatic carbocycles. The van der Waals surface area contributed by atoms with Crippen molar-refractivity contribution in [3.8, 4) is 11.5 Å². The summed E-state index contributed by atoms with van der Waals surface area (Å²) in [4.78, 5) is 247. The second-order valence-corrected chi connectivity index (χ2v) is 35.7. The number of carbonyl (C=O) groups excluding carboxylic acids is 15. The predicted molar refractivity (Wildman–Crippen MR) is 498 cm³/mol. The van der Waals surface area contributed by atoms with Crippen LogP contribution in [0, 0.1) is 11.8 Å². The molecule has 12 atom stereocenters. The van der Waals surface area contributed by atoms with Crippen LogP contribution in [-0.2, 0) is 115 Å². The summed E-state index contributed by atoms with van der Waals surface area (Å²) in [7, 11) is 5.40. The first-order valence-electron chi connectivity index (χ1n) is 44.8. The molecular formula is C97H124N16O19S. The molecule has 2 aliphatic heterocycles. The van der Waals surface area contributed by atoms with E-state index < -0.39 is 198 Å². The van der Waals surface area contributed by atoms with Gasteiger partial charge in [-0.1, -0.05) is 181 Å². The highest BCUT2D eigenvalue weighted by Crippen LogP contribution is 2.27. The molecule has 15 amide bonds. The maximum atomic E-state index is 15.8. The lowest BCUT2D eigenvalue weighted by molar-refractivity contribution is -0.154. The number of carbonyl (C=O) groups is 16. The topological polar surface area (TPSA) is 500 Å². The number of phenols is 2. The number of hydrogen-bond acceptors (Lipinski definition) is 19. The van der Waals surface area contributed by atoms with Crippen molar-refractivity contribution in [2.24, 2.45) is 17.6 Å². The molecule has 0 unspecified atom stereocenters. The molecule has 3 heterocycles. The molecule has 2 aliphatic rings. The summed E-state index contributed by atoms with van der Waals surface area (Å²) in [5.41, 5.74) is 9.37. The number of aryl methyl sites for hydroxylation is 1. The largest absolute Gasteiger partial charge is 0.508 e. The van der Waals surface area contributed by atoms with Crippen molar-refractivity contribution in [3.63, 3.8) is 0 Å². The number of carboxylic acids is 1. The molecule has 35 nitrogen and oxygen atoms in total. The van der Waals surface area contributed by atoms with Gasteiger partial charge in [0.2, 0.25) is 88.6 Å². The minimum absolute atomic E-state index is 0.0154. The first-order valence-corrected chi connectivity index (χ1v) is 46.0. The van der Waals surface area contributed by atoms with Gasteiger partial charge in [-0.05, 0) is 120 Å². The number of thioether (sulfide) groups is 1. The van der Waals surface area contributed by atoms with E-state index in [4.69, 9.17) is 5.73 Å². The lowest BCUT2D eigenvalue weighted by Crippen LogP contribution is -2.62. The normalized spacial score (nSPS) is 22.7. The van der Waals surface area contributed by atoms with Gasteiger partial charge in [-0.2, -0.15) is 0 Å². The fourth-order valence-electron chi connectivity index (χ4n) is 16.3. The summed E-state index contributed by atoms with van der Waals surface area (Å²) in [5.74, 6) is -17.0. The molecule has 2 fully saturated rings. The number of piperidine rings is 1. The van der Waals surface area contributed by atoms with Gasteiger partial charge in [0.05, 0.1) is 25.3 Å². The highest BCUT2D eigenvalue weighted by atomic mass is 32.2. The van der Waals surface area contributed by atoms with Crippen LogP contribution >= 0.6 is 11.8 Å². The van der Waals surface area contributed by atoms with E-state index in [1.165, 1.54) is 91.4 Å². The van der Waals surface area contributed by atoms with E-state index in [1.807, 2.05) is 37.3 Å². The zero-order chi connectivity index (χ0) is 96.7. The molecule has 0 spiro atoms. The van der Waals surface area contributed by atoms with Crippen LogP contribution in [0.5, 0.6) is 11.5 Å². The SMILES string of the molecule is CCCC[C@H]1C(=O)N2CCCC[C@@H]2C(=O)N[C@@H](CC(=O)O)C(=O)N[C@@H](C(C)C)C(=O)N(C)[C@@H](Cc2ccccc2)C(=O)N[C@@H](Cc2ccc(O)cc2)C(=O)N(C)CC(=O)N[C@@H](Cc2c[nH]c3ccccc23)C(=O)N[C@@H](Cc2ccc(O)cc2)C(=O)N[C@@H](CC(C)C)C(=O)N[C@H](C(=O)NCC(N)=O)CSCC(=O)N[C@@H](Cc2ccccc2)C(=O)N(C)[C@@H](CCc2ccccc2)C(=O)N1C. The Morgan fingerprint density at radius 1 is 0.489 bits per heavy atom. The Morgan fingerprint density at radius 3 is 1.57 bits per heavy atom. The molecule has 15 N–H and O–H groups in total. The molecule has 9 rings (SSSR count). The lowest BCUT2D eigenvalue weighted by atomic mass is 9.96. The Balaban J connectivity index is 1.13. The number of aliphatic carboxylic acids is 1. The molecule has 36 heteroatoms. The third kappa shape index (κ3) is 30.4. The van der Waals surface area contributed by atoms with Crippen molar-refractivity contribution >= 4 is 117 Å². The Bertz CT molecular complexity index is 5200.